The zero-order valence-electron chi connectivity index (χ0n) is 11.4. The first-order valence-electron chi connectivity index (χ1n) is 6.71. The second-order valence-corrected chi connectivity index (χ2v) is 5.02. The number of hydrogen-bond acceptors (Lipinski definition) is 3. The van der Waals surface area contributed by atoms with Gasteiger partial charge in [0, 0.05) is 12.1 Å². The molecule has 0 spiro atoms. The lowest BCUT2D eigenvalue weighted by Crippen LogP contribution is -2.29. The number of anilines is 1. The van der Waals surface area contributed by atoms with Gasteiger partial charge in [-0.3, -0.25) is 0 Å². The normalized spacial score (nSPS) is 17.0. The zero-order valence-corrected chi connectivity index (χ0v) is 11.4. The summed E-state index contributed by atoms with van der Waals surface area (Å²) in [6, 6.07) is 10.5. The molecule has 3 rings (SSSR count). The first-order chi connectivity index (χ1) is 10.1. The van der Waals surface area contributed by atoms with E-state index in [1.807, 2.05) is 30.3 Å². The molecule has 1 unspecified atom stereocenters. The number of benzene rings is 2. The van der Waals surface area contributed by atoms with Gasteiger partial charge in [-0.05, 0) is 24.0 Å². The Morgan fingerprint density at radius 3 is 2.71 bits per heavy atom. The summed E-state index contributed by atoms with van der Waals surface area (Å²) in [6.07, 6.45) is -0.604. The zero-order chi connectivity index (χ0) is 15.0. The Balaban J connectivity index is 1.91. The van der Waals surface area contributed by atoms with Crippen molar-refractivity contribution < 1.29 is 18.5 Å². The monoisotopic (exact) mass is 289 g/mol. The maximum Gasteiger partial charge on any atom is 0.492 e. The van der Waals surface area contributed by atoms with Crippen molar-refractivity contribution in [3.05, 3.63) is 59.2 Å². The van der Waals surface area contributed by atoms with E-state index >= 15 is 0 Å². The van der Waals surface area contributed by atoms with Gasteiger partial charge in [0.2, 0.25) is 0 Å². The van der Waals surface area contributed by atoms with E-state index in [1.165, 1.54) is 0 Å². The van der Waals surface area contributed by atoms with Crippen LogP contribution < -0.4 is 10.8 Å². The third kappa shape index (κ3) is 2.52. The SMILES string of the molecule is CC1OB(O)c2cc(F)c(NCc3ccccc3)c(F)c21. The third-order valence-electron chi connectivity index (χ3n) is 3.61. The Labute approximate surface area is 121 Å². The molecule has 0 fully saturated rings. The maximum atomic E-state index is 14.5. The van der Waals surface area contributed by atoms with Crippen LogP contribution in [-0.4, -0.2) is 12.1 Å². The third-order valence-corrected chi connectivity index (χ3v) is 3.61. The molecule has 1 heterocycles. The fourth-order valence-corrected chi connectivity index (χ4v) is 2.55. The Kier molecular flexibility index (Phi) is 3.65. The van der Waals surface area contributed by atoms with Crippen LogP contribution in [0.1, 0.15) is 24.2 Å². The standard InChI is InChI=1S/C15H14BF2NO2/c1-9-13-11(16(20)21-9)7-12(17)15(14(13)18)19-8-10-5-3-2-4-6-10/h2-7,9,19-20H,8H2,1H3. The van der Waals surface area contributed by atoms with Crippen LogP contribution in [0.2, 0.25) is 0 Å². The maximum absolute atomic E-state index is 14.5. The largest absolute Gasteiger partial charge is 0.492 e. The summed E-state index contributed by atoms with van der Waals surface area (Å²) < 4.78 is 33.6. The van der Waals surface area contributed by atoms with Gasteiger partial charge in [-0.15, -0.1) is 0 Å². The highest BCUT2D eigenvalue weighted by Crippen LogP contribution is 2.31. The molecule has 1 aliphatic rings. The average molecular weight is 289 g/mol. The molecule has 3 nitrogen and oxygen atoms in total. The topological polar surface area (TPSA) is 41.5 Å². The van der Waals surface area contributed by atoms with Crippen LogP contribution in [0.15, 0.2) is 36.4 Å². The molecule has 0 aromatic heterocycles. The predicted octanol–water partition coefficient (Wildman–Crippen LogP) is 2.36. The van der Waals surface area contributed by atoms with Crippen LogP contribution in [0.3, 0.4) is 0 Å². The summed E-state index contributed by atoms with van der Waals surface area (Å²) in [5.41, 5.74) is 1.09. The summed E-state index contributed by atoms with van der Waals surface area (Å²) in [4.78, 5) is 0. The highest BCUT2D eigenvalue weighted by molar-refractivity contribution is 6.61. The molecule has 1 aliphatic heterocycles. The minimum atomic E-state index is -1.28. The summed E-state index contributed by atoms with van der Waals surface area (Å²) in [6.45, 7) is 1.93. The van der Waals surface area contributed by atoms with Gasteiger partial charge >= 0.3 is 7.12 Å². The molecule has 0 bridgehead atoms. The smallest absolute Gasteiger partial charge is 0.423 e. The molecule has 2 N–H and O–H groups in total. The number of halogens is 2. The van der Waals surface area contributed by atoms with E-state index in [2.05, 4.69) is 5.32 Å². The van der Waals surface area contributed by atoms with Crippen LogP contribution >= 0.6 is 0 Å². The van der Waals surface area contributed by atoms with Crippen LogP contribution in [0.4, 0.5) is 14.5 Å². The Hall–Kier alpha value is -1.92. The van der Waals surface area contributed by atoms with Crippen LogP contribution in [0, 0.1) is 11.6 Å². The van der Waals surface area contributed by atoms with Crippen molar-refractivity contribution in [2.24, 2.45) is 0 Å². The van der Waals surface area contributed by atoms with E-state index in [0.29, 0.717) is 6.54 Å². The van der Waals surface area contributed by atoms with E-state index in [9.17, 15) is 13.8 Å². The van der Waals surface area contributed by atoms with E-state index in [0.717, 1.165) is 11.6 Å². The van der Waals surface area contributed by atoms with E-state index < -0.39 is 24.9 Å². The lowest BCUT2D eigenvalue weighted by atomic mass is 9.79. The molecular formula is C15H14BF2NO2. The fraction of sp³-hybridized carbons (Fsp3) is 0.200. The molecular weight excluding hydrogens is 275 g/mol. The Morgan fingerprint density at radius 2 is 2.00 bits per heavy atom. The van der Waals surface area contributed by atoms with Gasteiger partial charge in [0.05, 0.1) is 6.10 Å². The lowest BCUT2D eigenvalue weighted by Gasteiger charge is -2.13. The highest BCUT2D eigenvalue weighted by Gasteiger charge is 2.37. The number of rotatable bonds is 3. The second kappa shape index (κ2) is 5.46. The van der Waals surface area contributed by atoms with Crippen molar-refractivity contribution in [2.75, 3.05) is 5.32 Å². The van der Waals surface area contributed by atoms with Gasteiger partial charge in [0.1, 0.15) is 11.5 Å². The molecule has 1 atom stereocenters. The van der Waals surface area contributed by atoms with Crippen molar-refractivity contribution >= 4 is 18.3 Å². The van der Waals surface area contributed by atoms with Gasteiger partial charge in [-0.1, -0.05) is 30.3 Å². The molecule has 0 aliphatic carbocycles. The van der Waals surface area contributed by atoms with Gasteiger partial charge in [0.25, 0.3) is 0 Å². The molecule has 2 aromatic rings. The van der Waals surface area contributed by atoms with Gasteiger partial charge in [0.15, 0.2) is 5.82 Å². The van der Waals surface area contributed by atoms with Crippen LogP contribution in [0.5, 0.6) is 0 Å². The first-order valence-corrected chi connectivity index (χ1v) is 6.71. The predicted molar refractivity (Wildman–Crippen MR) is 77.2 cm³/mol. The highest BCUT2D eigenvalue weighted by atomic mass is 19.1. The van der Waals surface area contributed by atoms with E-state index in [4.69, 9.17) is 4.65 Å². The minimum Gasteiger partial charge on any atom is -0.423 e. The summed E-state index contributed by atoms with van der Waals surface area (Å²) in [5.74, 6) is -1.44. The first kappa shape index (κ1) is 14.0. The molecule has 2 aromatic carbocycles. The minimum absolute atomic E-state index is 0.155. The van der Waals surface area contributed by atoms with Crippen molar-refractivity contribution in [3.8, 4) is 0 Å². The van der Waals surface area contributed by atoms with Gasteiger partial charge in [-0.25, -0.2) is 8.78 Å². The fourth-order valence-electron chi connectivity index (χ4n) is 2.55. The molecule has 21 heavy (non-hydrogen) atoms. The van der Waals surface area contributed by atoms with Crippen LogP contribution in [-0.2, 0) is 11.2 Å². The Bertz CT molecular complexity index is 666. The summed E-state index contributed by atoms with van der Waals surface area (Å²) >= 11 is 0. The van der Waals surface area contributed by atoms with Gasteiger partial charge in [-0.2, -0.15) is 0 Å². The van der Waals surface area contributed by atoms with Crippen molar-refractivity contribution in [3.63, 3.8) is 0 Å². The van der Waals surface area contributed by atoms with E-state index in [-0.39, 0.29) is 16.7 Å². The summed E-state index contributed by atoms with van der Waals surface area (Å²) in [7, 11) is -1.28. The Morgan fingerprint density at radius 1 is 1.29 bits per heavy atom. The molecule has 6 heteroatoms. The van der Waals surface area contributed by atoms with Gasteiger partial charge < -0.3 is 15.0 Å². The number of hydrogen-bond donors (Lipinski definition) is 2. The van der Waals surface area contributed by atoms with E-state index in [1.54, 1.807) is 6.92 Å². The number of fused-ring (bicyclic) bond motifs is 1. The van der Waals surface area contributed by atoms with Crippen molar-refractivity contribution in [1.29, 1.82) is 0 Å². The molecule has 0 radical (unpaired) electrons. The van der Waals surface area contributed by atoms with Crippen molar-refractivity contribution in [2.45, 2.75) is 19.6 Å². The average Bonchev–Trinajstić information content (AvgIpc) is 2.74. The second-order valence-electron chi connectivity index (χ2n) is 5.02. The lowest BCUT2D eigenvalue weighted by molar-refractivity contribution is 0.205. The quantitative estimate of drug-likeness (QED) is 0.852. The number of nitrogens with one attached hydrogen (secondary N) is 1. The molecule has 108 valence electrons. The molecule has 0 saturated heterocycles. The van der Waals surface area contributed by atoms with Crippen molar-refractivity contribution in [1.82, 2.24) is 0 Å². The molecule has 0 amide bonds. The van der Waals surface area contributed by atoms with Crippen LogP contribution in [0.25, 0.3) is 0 Å². The molecule has 0 saturated carbocycles. The summed E-state index contributed by atoms with van der Waals surface area (Å²) in [5, 5.41) is 12.4.